The first-order valence-electron chi connectivity index (χ1n) is 13.3. The SMILES string of the molecule is C[C@@H]1C(=O)C(C#N)=C[C@]2(C)C3=CC(=O)C4C5CC(C)(C)CC[C@]5(C(=O)O)CC[C@@]4(C)[C@]3(C)CCC12. The second kappa shape index (κ2) is 7.17. The smallest absolute Gasteiger partial charge is 0.309 e. The number of carboxylic acid groups (broad SMARTS) is 1. The summed E-state index contributed by atoms with van der Waals surface area (Å²) < 4.78 is 0. The van der Waals surface area contributed by atoms with Gasteiger partial charge in [0.25, 0.3) is 0 Å². The van der Waals surface area contributed by atoms with Gasteiger partial charge in [0.15, 0.2) is 11.6 Å². The lowest BCUT2D eigenvalue weighted by Crippen LogP contribution is -2.65. The Morgan fingerprint density at radius 3 is 2.31 bits per heavy atom. The average molecular weight is 478 g/mol. The summed E-state index contributed by atoms with van der Waals surface area (Å²) >= 11 is 0. The molecule has 0 bridgehead atoms. The van der Waals surface area contributed by atoms with Crippen molar-refractivity contribution in [3.8, 4) is 6.07 Å². The minimum Gasteiger partial charge on any atom is -0.481 e. The van der Waals surface area contributed by atoms with Gasteiger partial charge in [-0.3, -0.25) is 14.4 Å². The number of fused-ring (bicyclic) bond motifs is 7. The molecule has 0 aromatic rings. The molecule has 0 spiro atoms. The normalized spacial score (nSPS) is 48.3. The highest BCUT2D eigenvalue weighted by atomic mass is 16.4. The largest absolute Gasteiger partial charge is 0.481 e. The molecular weight excluding hydrogens is 438 g/mol. The van der Waals surface area contributed by atoms with Crippen molar-refractivity contribution in [2.75, 3.05) is 0 Å². The number of allylic oxidation sites excluding steroid dienone is 4. The molecular formula is C30H39NO4. The van der Waals surface area contributed by atoms with Crippen LogP contribution in [-0.4, -0.2) is 22.6 Å². The molecule has 0 aliphatic heterocycles. The molecule has 5 rings (SSSR count). The number of nitriles is 1. The van der Waals surface area contributed by atoms with Crippen molar-refractivity contribution < 1.29 is 19.5 Å². The van der Waals surface area contributed by atoms with E-state index in [1.807, 2.05) is 19.1 Å². The maximum atomic E-state index is 14.2. The third-order valence-electron chi connectivity index (χ3n) is 11.9. The molecule has 3 unspecified atom stereocenters. The van der Waals surface area contributed by atoms with Gasteiger partial charge in [-0.15, -0.1) is 0 Å². The van der Waals surface area contributed by atoms with Crippen LogP contribution in [0, 0.1) is 62.1 Å². The van der Waals surface area contributed by atoms with Gasteiger partial charge in [-0.1, -0.05) is 53.2 Å². The zero-order chi connectivity index (χ0) is 25.8. The molecule has 5 heteroatoms. The van der Waals surface area contributed by atoms with E-state index in [0.717, 1.165) is 31.3 Å². The number of nitrogens with zero attached hydrogens (tertiary/aromatic N) is 1. The van der Waals surface area contributed by atoms with Crippen molar-refractivity contribution in [2.24, 2.45) is 50.7 Å². The van der Waals surface area contributed by atoms with E-state index in [0.29, 0.717) is 19.3 Å². The van der Waals surface area contributed by atoms with Gasteiger partial charge in [-0.2, -0.15) is 5.26 Å². The van der Waals surface area contributed by atoms with Crippen LogP contribution in [0.15, 0.2) is 23.3 Å². The molecule has 3 fully saturated rings. The van der Waals surface area contributed by atoms with E-state index in [9.17, 15) is 24.8 Å². The lowest BCUT2D eigenvalue weighted by atomic mass is 9.35. The number of aliphatic carboxylic acids is 1. The monoisotopic (exact) mass is 477 g/mol. The van der Waals surface area contributed by atoms with Gasteiger partial charge >= 0.3 is 5.97 Å². The predicted octanol–water partition coefficient (Wildman–Crippen LogP) is 5.90. The summed E-state index contributed by atoms with van der Waals surface area (Å²) in [6.07, 6.45) is 9.03. The Bertz CT molecular complexity index is 1140. The van der Waals surface area contributed by atoms with Gasteiger partial charge in [-0.25, -0.2) is 0 Å². The fraction of sp³-hybridized carbons (Fsp3) is 0.733. The quantitative estimate of drug-likeness (QED) is 0.507. The zero-order valence-corrected chi connectivity index (χ0v) is 22.0. The van der Waals surface area contributed by atoms with Crippen LogP contribution in [0.25, 0.3) is 0 Å². The molecule has 0 saturated heterocycles. The second-order valence-corrected chi connectivity index (χ2v) is 13.9. The maximum Gasteiger partial charge on any atom is 0.309 e. The summed E-state index contributed by atoms with van der Waals surface area (Å²) in [4.78, 5) is 39.7. The summed E-state index contributed by atoms with van der Waals surface area (Å²) in [5.74, 6) is -1.43. The predicted molar refractivity (Wildman–Crippen MR) is 132 cm³/mol. The fourth-order valence-corrected chi connectivity index (χ4v) is 9.63. The topological polar surface area (TPSA) is 95.2 Å². The molecule has 0 amide bonds. The third-order valence-corrected chi connectivity index (χ3v) is 11.9. The average Bonchev–Trinajstić information content (AvgIpc) is 2.77. The standard InChI is InChI=1S/C30H39NO4/c1-17-19-7-8-28(5)22(27(19,4)14-18(16-31)24(17)33)13-21(32)23-20-15-26(2,3)9-11-30(20,25(34)35)12-10-29(23,28)6/h13-14,17,19-20,23H,7-12,15H2,1-6H3,(H,34,35)/t17-,19?,20?,23?,27-,28+,29+,30-/m0/s1. The van der Waals surface area contributed by atoms with Crippen molar-refractivity contribution in [1.82, 2.24) is 0 Å². The number of Topliss-reactive ketones (excluding diaryl/α,β-unsaturated/α-hetero) is 1. The zero-order valence-electron chi connectivity index (χ0n) is 22.0. The van der Waals surface area contributed by atoms with Gasteiger partial charge in [0, 0.05) is 17.3 Å². The summed E-state index contributed by atoms with van der Waals surface area (Å²) in [5.41, 5.74) is -0.705. The van der Waals surface area contributed by atoms with Crippen LogP contribution in [0.4, 0.5) is 0 Å². The molecule has 1 N–H and O–H groups in total. The van der Waals surface area contributed by atoms with Crippen molar-refractivity contribution >= 4 is 17.5 Å². The van der Waals surface area contributed by atoms with Crippen LogP contribution in [-0.2, 0) is 14.4 Å². The molecule has 8 atom stereocenters. The Morgan fingerprint density at radius 1 is 1.03 bits per heavy atom. The molecule has 5 aliphatic rings. The highest BCUT2D eigenvalue weighted by Crippen LogP contribution is 2.73. The Morgan fingerprint density at radius 2 is 1.69 bits per heavy atom. The van der Waals surface area contributed by atoms with Crippen LogP contribution in [0.3, 0.4) is 0 Å². The number of ketones is 2. The molecule has 3 saturated carbocycles. The summed E-state index contributed by atoms with van der Waals surface area (Å²) in [7, 11) is 0. The van der Waals surface area contributed by atoms with Crippen molar-refractivity contribution in [1.29, 1.82) is 5.26 Å². The number of hydrogen-bond acceptors (Lipinski definition) is 4. The Kier molecular flexibility index (Phi) is 5.02. The second-order valence-electron chi connectivity index (χ2n) is 13.9. The first-order valence-corrected chi connectivity index (χ1v) is 13.3. The Labute approximate surface area is 209 Å². The van der Waals surface area contributed by atoms with Crippen LogP contribution < -0.4 is 0 Å². The van der Waals surface area contributed by atoms with Crippen LogP contribution >= 0.6 is 0 Å². The lowest BCUT2D eigenvalue weighted by Gasteiger charge is -2.68. The molecule has 0 aromatic carbocycles. The van der Waals surface area contributed by atoms with Crippen LogP contribution in [0.2, 0.25) is 0 Å². The van der Waals surface area contributed by atoms with E-state index in [-0.39, 0.29) is 57.1 Å². The summed E-state index contributed by atoms with van der Waals surface area (Å²) in [6.45, 7) is 13.0. The van der Waals surface area contributed by atoms with Crippen molar-refractivity contribution in [3.63, 3.8) is 0 Å². The number of carbonyl (C=O) groups is 3. The van der Waals surface area contributed by atoms with E-state index >= 15 is 0 Å². The molecule has 5 aliphatic carbocycles. The molecule has 5 nitrogen and oxygen atoms in total. The first-order chi connectivity index (χ1) is 16.2. The molecule has 188 valence electrons. The highest BCUT2D eigenvalue weighted by Gasteiger charge is 2.70. The van der Waals surface area contributed by atoms with Gasteiger partial charge < -0.3 is 5.11 Å². The molecule has 35 heavy (non-hydrogen) atoms. The Hall–Kier alpha value is -2.22. The minimum atomic E-state index is -0.822. The molecule has 0 heterocycles. The molecule has 0 radical (unpaired) electrons. The van der Waals surface area contributed by atoms with Crippen molar-refractivity contribution in [3.05, 3.63) is 23.3 Å². The van der Waals surface area contributed by atoms with Crippen LogP contribution in [0.5, 0.6) is 0 Å². The Balaban J connectivity index is 1.70. The van der Waals surface area contributed by atoms with Crippen molar-refractivity contribution in [2.45, 2.75) is 86.5 Å². The van der Waals surface area contributed by atoms with E-state index < -0.39 is 16.8 Å². The van der Waals surface area contributed by atoms with E-state index in [1.54, 1.807) is 0 Å². The fourth-order valence-electron chi connectivity index (χ4n) is 9.63. The third kappa shape index (κ3) is 2.89. The van der Waals surface area contributed by atoms with E-state index in [2.05, 4.69) is 40.7 Å². The number of rotatable bonds is 1. The number of hydrogen-bond donors (Lipinski definition) is 1. The molecule has 0 aromatic heterocycles. The number of carboxylic acids is 1. The first kappa shape index (κ1) is 24.5. The van der Waals surface area contributed by atoms with Gasteiger partial charge in [0.2, 0.25) is 0 Å². The minimum absolute atomic E-state index is 0.0142. The lowest BCUT2D eigenvalue weighted by molar-refractivity contribution is -0.188. The summed E-state index contributed by atoms with van der Waals surface area (Å²) in [6, 6.07) is 2.13. The van der Waals surface area contributed by atoms with E-state index in [4.69, 9.17) is 0 Å². The summed E-state index contributed by atoms with van der Waals surface area (Å²) in [5, 5.41) is 20.2. The van der Waals surface area contributed by atoms with Gasteiger partial charge in [0.1, 0.15) is 6.07 Å². The van der Waals surface area contributed by atoms with Gasteiger partial charge in [-0.05, 0) is 79.1 Å². The van der Waals surface area contributed by atoms with E-state index in [1.165, 1.54) is 0 Å². The van der Waals surface area contributed by atoms with Crippen LogP contribution in [0.1, 0.15) is 86.5 Å². The maximum absolute atomic E-state index is 14.2. The highest BCUT2D eigenvalue weighted by molar-refractivity contribution is 6.02. The number of carbonyl (C=O) groups excluding carboxylic acids is 2. The van der Waals surface area contributed by atoms with Gasteiger partial charge in [0.05, 0.1) is 11.0 Å².